The molecule has 124 valence electrons. The number of carbonyl (C=O) groups excluding carboxylic acids is 1. The fourth-order valence-electron chi connectivity index (χ4n) is 3.64. The van der Waals surface area contributed by atoms with Crippen LogP contribution in [0.1, 0.15) is 42.5 Å². The van der Waals surface area contributed by atoms with E-state index in [4.69, 9.17) is 0 Å². The molecule has 1 fully saturated rings. The number of carbonyl (C=O) groups is 1. The second-order valence-electron chi connectivity index (χ2n) is 6.82. The summed E-state index contributed by atoms with van der Waals surface area (Å²) in [5.74, 6) is 0.811. The van der Waals surface area contributed by atoms with Crippen LogP contribution in [0, 0.1) is 5.92 Å². The van der Waals surface area contributed by atoms with Crippen LogP contribution in [0.4, 0.5) is 0 Å². The summed E-state index contributed by atoms with van der Waals surface area (Å²) in [6.07, 6.45) is 10.6. The fraction of sp³-hybridized carbons (Fsp3) is 0.550. The lowest BCUT2D eigenvalue weighted by molar-refractivity contribution is 0.0707. The van der Waals surface area contributed by atoms with Crippen molar-refractivity contribution < 1.29 is 4.79 Å². The minimum atomic E-state index is 0.194. The van der Waals surface area contributed by atoms with E-state index < -0.39 is 0 Å². The maximum absolute atomic E-state index is 12.9. The molecular formula is C20H28N2O. The molecule has 1 aliphatic carbocycles. The molecule has 1 amide bonds. The lowest BCUT2D eigenvalue weighted by Gasteiger charge is -2.30. The minimum absolute atomic E-state index is 0.194. The van der Waals surface area contributed by atoms with Crippen LogP contribution in [0.5, 0.6) is 0 Å². The van der Waals surface area contributed by atoms with Crippen LogP contribution in [0.3, 0.4) is 0 Å². The normalized spacial score (nSPS) is 21.5. The third-order valence-corrected chi connectivity index (χ3v) is 5.05. The molecule has 1 saturated heterocycles. The predicted octanol–water partition coefficient (Wildman–Crippen LogP) is 3.58. The van der Waals surface area contributed by atoms with Gasteiger partial charge in [0.15, 0.2) is 0 Å². The van der Waals surface area contributed by atoms with Gasteiger partial charge in [-0.25, -0.2) is 0 Å². The van der Waals surface area contributed by atoms with Crippen LogP contribution in [-0.2, 0) is 0 Å². The van der Waals surface area contributed by atoms with Crippen molar-refractivity contribution in [2.45, 2.75) is 32.1 Å². The van der Waals surface area contributed by atoms with E-state index in [2.05, 4.69) is 22.0 Å². The Morgan fingerprint density at radius 1 is 1.13 bits per heavy atom. The van der Waals surface area contributed by atoms with Crippen molar-refractivity contribution in [1.82, 2.24) is 9.80 Å². The van der Waals surface area contributed by atoms with Gasteiger partial charge < -0.3 is 9.80 Å². The zero-order valence-corrected chi connectivity index (χ0v) is 14.0. The number of nitrogens with zero attached hydrogens (tertiary/aromatic N) is 2. The molecule has 0 unspecified atom stereocenters. The molecule has 1 aliphatic heterocycles. The maximum Gasteiger partial charge on any atom is 0.253 e. The summed E-state index contributed by atoms with van der Waals surface area (Å²) in [5.41, 5.74) is 0.820. The van der Waals surface area contributed by atoms with Gasteiger partial charge in [-0.15, -0.1) is 0 Å². The minimum Gasteiger partial charge on any atom is -0.337 e. The lowest BCUT2D eigenvalue weighted by Crippen LogP contribution is -2.40. The number of amides is 1. The Labute approximate surface area is 140 Å². The summed E-state index contributed by atoms with van der Waals surface area (Å²) in [7, 11) is 0. The van der Waals surface area contributed by atoms with Gasteiger partial charge in [0.05, 0.1) is 0 Å². The summed E-state index contributed by atoms with van der Waals surface area (Å²) in [6, 6.07) is 9.75. The predicted molar refractivity (Wildman–Crippen MR) is 94.5 cm³/mol. The molecule has 0 aromatic heterocycles. The molecule has 23 heavy (non-hydrogen) atoms. The van der Waals surface area contributed by atoms with Gasteiger partial charge in [0.1, 0.15) is 0 Å². The van der Waals surface area contributed by atoms with Gasteiger partial charge in [-0.2, -0.15) is 0 Å². The van der Waals surface area contributed by atoms with Crippen LogP contribution in [0.15, 0.2) is 42.5 Å². The number of hydrogen-bond donors (Lipinski definition) is 0. The second kappa shape index (κ2) is 8.30. The van der Waals surface area contributed by atoms with Crippen LogP contribution in [0.2, 0.25) is 0 Å². The van der Waals surface area contributed by atoms with Crippen molar-refractivity contribution in [3.63, 3.8) is 0 Å². The zero-order chi connectivity index (χ0) is 15.9. The number of rotatable bonds is 6. The Hall–Kier alpha value is -1.61. The second-order valence-corrected chi connectivity index (χ2v) is 6.82. The van der Waals surface area contributed by atoms with Crippen molar-refractivity contribution in [1.29, 1.82) is 0 Å². The number of likely N-dealkylation sites (tertiary alicyclic amines) is 1. The summed E-state index contributed by atoms with van der Waals surface area (Å²) in [4.78, 5) is 17.5. The smallest absolute Gasteiger partial charge is 0.253 e. The number of benzene rings is 1. The number of allylic oxidation sites excluding steroid dienone is 2. The maximum atomic E-state index is 12.9. The lowest BCUT2D eigenvalue weighted by atomic mass is 9.93. The van der Waals surface area contributed by atoms with Crippen molar-refractivity contribution >= 4 is 5.91 Å². The van der Waals surface area contributed by atoms with Gasteiger partial charge >= 0.3 is 0 Å². The van der Waals surface area contributed by atoms with Gasteiger partial charge in [-0.05, 0) is 63.2 Å². The molecule has 3 heteroatoms. The van der Waals surface area contributed by atoms with Crippen LogP contribution < -0.4 is 0 Å². The molecule has 1 atom stereocenters. The molecule has 0 bridgehead atoms. The van der Waals surface area contributed by atoms with Crippen LogP contribution in [-0.4, -0.2) is 48.4 Å². The van der Waals surface area contributed by atoms with Gasteiger partial charge in [0, 0.05) is 25.2 Å². The van der Waals surface area contributed by atoms with Gasteiger partial charge in [0.2, 0.25) is 0 Å². The van der Waals surface area contributed by atoms with E-state index in [-0.39, 0.29) is 5.91 Å². The topological polar surface area (TPSA) is 23.6 Å². The Morgan fingerprint density at radius 3 is 2.61 bits per heavy atom. The Morgan fingerprint density at radius 2 is 1.91 bits per heavy atom. The summed E-state index contributed by atoms with van der Waals surface area (Å²) < 4.78 is 0. The molecule has 2 aliphatic rings. The third kappa shape index (κ3) is 4.68. The molecule has 0 N–H and O–H groups in total. The van der Waals surface area contributed by atoms with Crippen molar-refractivity contribution in [3.05, 3.63) is 48.0 Å². The molecule has 0 saturated carbocycles. The van der Waals surface area contributed by atoms with E-state index in [1.807, 2.05) is 30.3 Å². The molecular weight excluding hydrogens is 284 g/mol. The van der Waals surface area contributed by atoms with Gasteiger partial charge in [-0.1, -0.05) is 30.4 Å². The molecule has 1 aromatic rings. The summed E-state index contributed by atoms with van der Waals surface area (Å²) >= 11 is 0. The molecule has 3 rings (SSSR count). The largest absolute Gasteiger partial charge is 0.337 e. The first-order valence-corrected chi connectivity index (χ1v) is 9.04. The molecule has 0 spiro atoms. The highest BCUT2D eigenvalue weighted by Crippen LogP contribution is 2.20. The third-order valence-electron chi connectivity index (χ3n) is 5.05. The van der Waals surface area contributed by atoms with Crippen molar-refractivity contribution in [2.24, 2.45) is 5.92 Å². The first-order valence-electron chi connectivity index (χ1n) is 9.04. The zero-order valence-electron chi connectivity index (χ0n) is 14.0. The van der Waals surface area contributed by atoms with Crippen LogP contribution >= 0.6 is 0 Å². The highest BCUT2D eigenvalue weighted by Gasteiger charge is 2.22. The standard InChI is InChI=1S/C20H28N2O/c23-20(19-11-5-2-6-12-19)22(16-15-21-13-7-8-14-21)17-18-9-3-1-4-10-18/h1-3,5-6,11-12,18H,4,7-10,13-17H2/t18-/m1/s1. The van der Waals surface area contributed by atoms with E-state index in [1.54, 1.807) is 0 Å². The molecule has 1 heterocycles. The SMILES string of the molecule is O=C(c1ccccc1)N(CCN1CCCC1)C[C@@H]1CC=CCC1. The van der Waals surface area contributed by atoms with E-state index in [1.165, 1.54) is 32.4 Å². The average Bonchev–Trinajstić information content (AvgIpc) is 3.13. The van der Waals surface area contributed by atoms with E-state index in [0.29, 0.717) is 5.92 Å². The van der Waals surface area contributed by atoms with E-state index in [0.717, 1.165) is 38.0 Å². The molecule has 0 radical (unpaired) electrons. The van der Waals surface area contributed by atoms with Gasteiger partial charge in [-0.3, -0.25) is 4.79 Å². The quantitative estimate of drug-likeness (QED) is 0.750. The van der Waals surface area contributed by atoms with Crippen molar-refractivity contribution in [2.75, 3.05) is 32.7 Å². The van der Waals surface area contributed by atoms with Crippen LogP contribution in [0.25, 0.3) is 0 Å². The number of hydrogen-bond acceptors (Lipinski definition) is 2. The first-order chi connectivity index (χ1) is 11.3. The highest BCUT2D eigenvalue weighted by molar-refractivity contribution is 5.94. The van der Waals surface area contributed by atoms with E-state index >= 15 is 0 Å². The molecule has 1 aromatic carbocycles. The van der Waals surface area contributed by atoms with Gasteiger partial charge in [0.25, 0.3) is 5.91 Å². The van der Waals surface area contributed by atoms with E-state index in [9.17, 15) is 4.79 Å². The Balaban J connectivity index is 1.64. The Bertz CT molecular complexity index is 520. The fourth-order valence-corrected chi connectivity index (χ4v) is 3.64. The monoisotopic (exact) mass is 312 g/mol. The summed E-state index contributed by atoms with van der Waals surface area (Å²) in [6.45, 7) is 5.15. The first kappa shape index (κ1) is 16.3. The van der Waals surface area contributed by atoms with Crippen molar-refractivity contribution in [3.8, 4) is 0 Å². The average molecular weight is 312 g/mol. The highest BCUT2D eigenvalue weighted by atomic mass is 16.2. The molecule has 3 nitrogen and oxygen atoms in total. The Kier molecular flexibility index (Phi) is 5.87. The summed E-state index contributed by atoms with van der Waals surface area (Å²) in [5, 5.41) is 0.